The fraction of sp³-hybridized carbons (Fsp3) is 0.348. The lowest BCUT2D eigenvalue weighted by molar-refractivity contribution is -0.128. The molecular weight excluding hydrogens is 417 g/mol. The minimum atomic E-state index is -0.632. The minimum Gasteiger partial charge on any atom is -0.350 e. The number of nitrogens with one attached hydrogen (secondary N) is 3. The zero-order chi connectivity index (χ0) is 21.8. The summed E-state index contributed by atoms with van der Waals surface area (Å²) in [6, 6.07) is 13.1. The standard InChI is InChI=1S/C23H24FN3O3S/c24-18-7-2-1-5-16(18)11-20-23(30)27-19(13-31-20)22(29)25-12-14-4-3-6-17(10-14)26-21(28)15-8-9-15/h1-7,10,15,19-20H,8-9,11-13H2,(H,25,29)(H,26,28)(H,27,30)/t19-,20-/m0/s1. The van der Waals surface area contributed by atoms with Gasteiger partial charge in [-0.15, -0.1) is 11.8 Å². The quantitative estimate of drug-likeness (QED) is 0.617. The second-order valence-electron chi connectivity index (χ2n) is 7.86. The van der Waals surface area contributed by atoms with Gasteiger partial charge in [-0.05, 0) is 48.6 Å². The first kappa shape index (κ1) is 21.4. The highest BCUT2D eigenvalue weighted by atomic mass is 32.2. The van der Waals surface area contributed by atoms with Gasteiger partial charge in [0.2, 0.25) is 17.7 Å². The number of carbonyl (C=O) groups excluding carboxylic acids is 3. The van der Waals surface area contributed by atoms with E-state index < -0.39 is 11.3 Å². The maximum Gasteiger partial charge on any atom is 0.243 e. The highest BCUT2D eigenvalue weighted by molar-refractivity contribution is 8.00. The van der Waals surface area contributed by atoms with Gasteiger partial charge in [-0.25, -0.2) is 4.39 Å². The van der Waals surface area contributed by atoms with Crippen LogP contribution in [0, 0.1) is 11.7 Å². The maximum absolute atomic E-state index is 13.9. The Kier molecular flexibility index (Phi) is 6.56. The van der Waals surface area contributed by atoms with Crippen LogP contribution in [0.25, 0.3) is 0 Å². The Hall–Kier alpha value is -2.87. The van der Waals surface area contributed by atoms with Crippen molar-refractivity contribution in [1.82, 2.24) is 10.6 Å². The lowest BCUT2D eigenvalue weighted by atomic mass is 10.1. The van der Waals surface area contributed by atoms with Gasteiger partial charge in [-0.1, -0.05) is 30.3 Å². The van der Waals surface area contributed by atoms with E-state index in [2.05, 4.69) is 16.0 Å². The molecule has 2 atom stereocenters. The lowest BCUT2D eigenvalue weighted by Gasteiger charge is -2.28. The van der Waals surface area contributed by atoms with Gasteiger partial charge >= 0.3 is 0 Å². The van der Waals surface area contributed by atoms with Gasteiger partial charge in [0, 0.05) is 23.9 Å². The molecule has 1 heterocycles. The van der Waals surface area contributed by atoms with Crippen LogP contribution in [-0.2, 0) is 27.3 Å². The first-order chi connectivity index (χ1) is 15.0. The molecule has 0 radical (unpaired) electrons. The van der Waals surface area contributed by atoms with Gasteiger partial charge in [0.1, 0.15) is 11.9 Å². The molecule has 3 amide bonds. The van der Waals surface area contributed by atoms with E-state index in [0.29, 0.717) is 23.5 Å². The van der Waals surface area contributed by atoms with E-state index in [1.165, 1.54) is 17.8 Å². The van der Waals surface area contributed by atoms with Crippen molar-refractivity contribution in [3.63, 3.8) is 0 Å². The van der Waals surface area contributed by atoms with Crippen molar-refractivity contribution in [3.8, 4) is 0 Å². The molecule has 31 heavy (non-hydrogen) atoms. The smallest absolute Gasteiger partial charge is 0.243 e. The summed E-state index contributed by atoms with van der Waals surface area (Å²) >= 11 is 1.36. The zero-order valence-corrected chi connectivity index (χ0v) is 17.7. The van der Waals surface area contributed by atoms with Crippen molar-refractivity contribution in [2.75, 3.05) is 11.1 Å². The predicted molar refractivity (Wildman–Crippen MR) is 118 cm³/mol. The summed E-state index contributed by atoms with van der Waals surface area (Å²) < 4.78 is 13.9. The number of rotatable bonds is 7. The highest BCUT2D eigenvalue weighted by Crippen LogP contribution is 2.30. The summed E-state index contributed by atoms with van der Waals surface area (Å²) in [5.41, 5.74) is 2.06. The van der Waals surface area contributed by atoms with Gasteiger partial charge in [0.05, 0.1) is 5.25 Å². The van der Waals surface area contributed by atoms with Crippen molar-refractivity contribution >= 4 is 35.2 Å². The Morgan fingerprint density at radius 1 is 1.10 bits per heavy atom. The number of thioether (sulfide) groups is 1. The van der Waals surface area contributed by atoms with E-state index in [9.17, 15) is 18.8 Å². The summed E-state index contributed by atoms with van der Waals surface area (Å²) in [4.78, 5) is 36.9. The molecule has 1 saturated heterocycles. The molecule has 3 N–H and O–H groups in total. The second kappa shape index (κ2) is 9.51. The van der Waals surface area contributed by atoms with Crippen molar-refractivity contribution in [2.24, 2.45) is 5.92 Å². The second-order valence-corrected chi connectivity index (χ2v) is 9.10. The molecule has 8 heteroatoms. The van der Waals surface area contributed by atoms with Crippen LogP contribution in [0.4, 0.5) is 10.1 Å². The van der Waals surface area contributed by atoms with Gasteiger partial charge in [0.25, 0.3) is 0 Å². The Morgan fingerprint density at radius 2 is 1.90 bits per heavy atom. The Morgan fingerprint density at radius 3 is 2.65 bits per heavy atom. The molecule has 6 nitrogen and oxygen atoms in total. The molecule has 0 bridgehead atoms. The van der Waals surface area contributed by atoms with Crippen LogP contribution in [0.1, 0.15) is 24.0 Å². The van der Waals surface area contributed by atoms with Gasteiger partial charge in [0.15, 0.2) is 0 Å². The molecule has 2 aliphatic rings. The largest absolute Gasteiger partial charge is 0.350 e. The van der Waals surface area contributed by atoms with Crippen molar-refractivity contribution in [1.29, 1.82) is 0 Å². The van der Waals surface area contributed by atoms with Crippen molar-refractivity contribution in [2.45, 2.75) is 37.1 Å². The molecule has 2 aromatic carbocycles. The number of halogens is 1. The van der Waals surface area contributed by atoms with Crippen molar-refractivity contribution in [3.05, 3.63) is 65.5 Å². The molecule has 0 unspecified atom stereocenters. The number of hydrogen-bond acceptors (Lipinski definition) is 4. The number of anilines is 1. The third kappa shape index (κ3) is 5.64. The number of benzene rings is 2. The maximum atomic E-state index is 13.9. The molecule has 0 spiro atoms. The first-order valence-electron chi connectivity index (χ1n) is 10.3. The fourth-order valence-corrected chi connectivity index (χ4v) is 4.59. The number of hydrogen-bond donors (Lipinski definition) is 3. The average molecular weight is 442 g/mol. The van der Waals surface area contributed by atoms with Crippen LogP contribution in [0.2, 0.25) is 0 Å². The van der Waals surface area contributed by atoms with Gasteiger partial charge in [-0.2, -0.15) is 0 Å². The van der Waals surface area contributed by atoms with E-state index >= 15 is 0 Å². The average Bonchev–Trinajstić information content (AvgIpc) is 3.61. The molecule has 2 aromatic rings. The van der Waals surface area contributed by atoms with E-state index in [1.807, 2.05) is 24.3 Å². The third-order valence-electron chi connectivity index (χ3n) is 5.36. The number of amides is 3. The number of carbonyl (C=O) groups is 3. The van der Waals surface area contributed by atoms with Crippen LogP contribution in [-0.4, -0.2) is 34.8 Å². The SMILES string of the molecule is O=C(Nc1cccc(CNC(=O)[C@@H]2CS[C@@H](Cc3ccccc3F)C(=O)N2)c1)C1CC1. The molecule has 0 aromatic heterocycles. The fourth-order valence-electron chi connectivity index (χ4n) is 3.41. The third-order valence-corrected chi connectivity index (χ3v) is 6.67. The monoisotopic (exact) mass is 441 g/mol. The Bertz CT molecular complexity index is 996. The molecule has 1 aliphatic carbocycles. The van der Waals surface area contributed by atoms with Crippen LogP contribution < -0.4 is 16.0 Å². The minimum absolute atomic E-state index is 0.0352. The van der Waals surface area contributed by atoms with Crippen LogP contribution in [0.5, 0.6) is 0 Å². The summed E-state index contributed by atoms with van der Waals surface area (Å²) in [6.07, 6.45) is 2.17. The summed E-state index contributed by atoms with van der Waals surface area (Å²) in [6.45, 7) is 0.293. The Balaban J connectivity index is 1.26. The van der Waals surface area contributed by atoms with E-state index in [0.717, 1.165) is 18.4 Å². The van der Waals surface area contributed by atoms with Gasteiger partial charge in [-0.3, -0.25) is 14.4 Å². The molecule has 1 aliphatic heterocycles. The molecule has 1 saturated carbocycles. The molecular formula is C23H24FN3O3S. The van der Waals surface area contributed by atoms with E-state index in [4.69, 9.17) is 0 Å². The van der Waals surface area contributed by atoms with Crippen molar-refractivity contribution < 1.29 is 18.8 Å². The first-order valence-corrected chi connectivity index (χ1v) is 11.4. The zero-order valence-electron chi connectivity index (χ0n) is 16.9. The molecule has 162 valence electrons. The predicted octanol–water partition coefficient (Wildman–Crippen LogP) is 2.63. The van der Waals surface area contributed by atoms with Gasteiger partial charge < -0.3 is 16.0 Å². The highest BCUT2D eigenvalue weighted by Gasteiger charge is 2.33. The Labute approximate surface area is 184 Å². The normalized spacial score (nSPS) is 20.6. The molecule has 4 rings (SSSR count). The van der Waals surface area contributed by atoms with Crippen LogP contribution in [0.15, 0.2) is 48.5 Å². The van der Waals surface area contributed by atoms with Crippen LogP contribution in [0.3, 0.4) is 0 Å². The lowest BCUT2D eigenvalue weighted by Crippen LogP contribution is -2.54. The van der Waals surface area contributed by atoms with E-state index in [-0.39, 0.29) is 35.9 Å². The summed E-state index contributed by atoms with van der Waals surface area (Å²) in [5.74, 6) is -0.270. The molecule has 2 fully saturated rings. The van der Waals surface area contributed by atoms with Crippen LogP contribution >= 0.6 is 11.8 Å². The summed E-state index contributed by atoms with van der Waals surface area (Å²) in [7, 11) is 0. The topological polar surface area (TPSA) is 87.3 Å². The van der Waals surface area contributed by atoms with E-state index in [1.54, 1.807) is 18.2 Å². The summed E-state index contributed by atoms with van der Waals surface area (Å²) in [5, 5.41) is 8.05.